The van der Waals surface area contributed by atoms with Gasteiger partial charge in [0.05, 0.1) is 5.56 Å². The lowest BCUT2D eigenvalue weighted by molar-refractivity contribution is -0.151. The lowest BCUT2D eigenvalue weighted by atomic mass is 10.0. The predicted octanol–water partition coefficient (Wildman–Crippen LogP) is 0.0355. The van der Waals surface area contributed by atoms with E-state index in [0.717, 1.165) is 10.1 Å². The van der Waals surface area contributed by atoms with Gasteiger partial charge in [0.1, 0.15) is 19.3 Å². The molecule has 0 unspecified atom stereocenters. The Hall–Kier alpha value is -3.20. The number of nitrogens with zero attached hydrogens (tertiary/aromatic N) is 2. The lowest BCUT2D eigenvalue weighted by Gasteiger charge is -2.14. The number of hydrogen-bond acceptors (Lipinski definition) is 7. The Bertz CT molecular complexity index is 1020. The highest BCUT2D eigenvalue weighted by Gasteiger charge is 2.17. The number of aromatic nitrogens is 2. The van der Waals surface area contributed by atoms with Crippen molar-refractivity contribution in [2.24, 2.45) is 19.8 Å². The number of carbonyl (C=O) groups excluding carboxylic acids is 2. The van der Waals surface area contributed by atoms with Crippen molar-refractivity contribution in [2.45, 2.75) is 26.3 Å². The second kappa shape index (κ2) is 9.33. The fourth-order valence-corrected chi connectivity index (χ4v) is 2.86. The number of nitrogens with two attached hydrogens (primary N) is 1. The summed E-state index contributed by atoms with van der Waals surface area (Å²) in [6, 6.07) is 6.17. The van der Waals surface area contributed by atoms with Crippen molar-refractivity contribution in [1.82, 2.24) is 9.13 Å². The molecule has 0 aliphatic heterocycles. The van der Waals surface area contributed by atoms with E-state index in [4.69, 9.17) is 10.5 Å². The zero-order valence-corrected chi connectivity index (χ0v) is 16.9. The molecule has 9 nitrogen and oxygen atoms in total. The van der Waals surface area contributed by atoms with Gasteiger partial charge in [0.25, 0.3) is 5.56 Å². The van der Waals surface area contributed by atoms with Crippen molar-refractivity contribution in [2.75, 3.05) is 13.2 Å². The average molecular weight is 403 g/mol. The molecule has 2 rings (SSSR count). The summed E-state index contributed by atoms with van der Waals surface area (Å²) >= 11 is 0. The average Bonchev–Trinajstić information content (AvgIpc) is 2.69. The molecular formula is C20H25N3O6. The third-order valence-corrected chi connectivity index (χ3v) is 4.59. The Morgan fingerprint density at radius 1 is 1.03 bits per heavy atom. The highest BCUT2D eigenvalue weighted by molar-refractivity contribution is 5.76. The van der Waals surface area contributed by atoms with E-state index in [0.29, 0.717) is 16.8 Å². The molecular weight excluding hydrogens is 378 g/mol. The van der Waals surface area contributed by atoms with Crippen molar-refractivity contribution in [3.63, 3.8) is 0 Å². The first kappa shape index (κ1) is 22.1. The molecule has 2 N–H and O–H groups in total. The first-order valence-corrected chi connectivity index (χ1v) is 9.05. The molecule has 1 heterocycles. The van der Waals surface area contributed by atoms with Crippen LogP contribution < -0.4 is 17.0 Å². The second-order valence-corrected chi connectivity index (χ2v) is 6.68. The highest BCUT2D eigenvalue weighted by atomic mass is 16.6. The van der Waals surface area contributed by atoms with Crippen molar-refractivity contribution in [3.05, 3.63) is 56.4 Å². The maximum absolute atomic E-state index is 12.5. The Labute approximate surface area is 167 Å². The van der Waals surface area contributed by atoms with Gasteiger partial charge in [-0.25, -0.2) is 4.79 Å². The zero-order valence-electron chi connectivity index (χ0n) is 16.9. The van der Waals surface area contributed by atoms with Gasteiger partial charge < -0.3 is 19.8 Å². The summed E-state index contributed by atoms with van der Waals surface area (Å²) in [5.41, 5.74) is 7.58. The molecule has 2 aromatic rings. The number of esters is 2. The molecule has 0 saturated carbocycles. The Balaban J connectivity index is 2.10. The van der Waals surface area contributed by atoms with Gasteiger partial charge in [-0.2, -0.15) is 0 Å². The minimum Gasteiger partial charge on any atom is -0.462 e. The first-order chi connectivity index (χ1) is 13.6. The van der Waals surface area contributed by atoms with Crippen molar-refractivity contribution >= 4 is 11.9 Å². The largest absolute Gasteiger partial charge is 0.462 e. The molecule has 29 heavy (non-hydrogen) atoms. The third-order valence-electron chi connectivity index (χ3n) is 4.59. The maximum atomic E-state index is 12.5. The van der Waals surface area contributed by atoms with E-state index in [1.165, 1.54) is 18.5 Å². The lowest BCUT2D eigenvalue weighted by Crippen LogP contribution is -2.39. The molecule has 0 aliphatic carbocycles. The topological polar surface area (TPSA) is 123 Å². The molecule has 9 heteroatoms. The van der Waals surface area contributed by atoms with E-state index in [1.54, 1.807) is 38.2 Å². The Kier molecular flexibility index (Phi) is 7.11. The van der Waals surface area contributed by atoms with Gasteiger partial charge in [-0.1, -0.05) is 24.3 Å². The molecule has 0 aliphatic rings. The van der Waals surface area contributed by atoms with Gasteiger partial charge in [0, 0.05) is 26.7 Å². The summed E-state index contributed by atoms with van der Waals surface area (Å²) < 4.78 is 12.1. The standard InChI is InChI=1S/C20H25N3O6/c1-12-17(18(25)23(4)20(27)22(12)3)15-7-5-14(6-8-15)11-16(21)19(26)29-10-9-28-13(2)24/h5-8,16H,9-11,21H2,1-4H3/t16-/m0/s1. The van der Waals surface area contributed by atoms with Gasteiger partial charge in [0.15, 0.2) is 0 Å². The molecule has 1 aromatic heterocycles. The molecule has 156 valence electrons. The predicted molar refractivity (Wildman–Crippen MR) is 106 cm³/mol. The van der Waals surface area contributed by atoms with Gasteiger partial charge in [-0.05, 0) is 24.5 Å². The Morgan fingerprint density at radius 2 is 1.62 bits per heavy atom. The summed E-state index contributed by atoms with van der Waals surface area (Å²) in [5.74, 6) is -1.04. The third kappa shape index (κ3) is 5.20. The van der Waals surface area contributed by atoms with E-state index in [-0.39, 0.29) is 30.9 Å². The van der Waals surface area contributed by atoms with Crippen molar-refractivity contribution in [3.8, 4) is 11.1 Å². The van der Waals surface area contributed by atoms with E-state index >= 15 is 0 Å². The molecule has 0 fully saturated rings. The zero-order chi connectivity index (χ0) is 21.7. The minimum atomic E-state index is -0.870. The van der Waals surface area contributed by atoms with Crippen LogP contribution in [0.25, 0.3) is 11.1 Å². The van der Waals surface area contributed by atoms with Gasteiger partial charge in [0.2, 0.25) is 0 Å². The van der Waals surface area contributed by atoms with Crippen LogP contribution in [0.5, 0.6) is 0 Å². The van der Waals surface area contributed by atoms with E-state index in [1.807, 2.05) is 0 Å². The molecule has 1 aromatic carbocycles. The van der Waals surface area contributed by atoms with Crippen molar-refractivity contribution in [1.29, 1.82) is 0 Å². The number of benzene rings is 1. The molecule has 0 spiro atoms. The van der Waals surface area contributed by atoms with Crippen LogP contribution in [-0.2, 0) is 39.6 Å². The number of rotatable bonds is 7. The number of ether oxygens (including phenoxy) is 2. The van der Waals surface area contributed by atoms with Crippen LogP contribution in [0.2, 0.25) is 0 Å². The molecule has 0 saturated heterocycles. The summed E-state index contributed by atoms with van der Waals surface area (Å²) in [4.78, 5) is 47.1. The molecule has 0 amide bonds. The summed E-state index contributed by atoms with van der Waals surface area (Å²) in [7, 11) is 3.05. The van der Waals surface area contributed by atoms with Crippen LogP contribution in [0, 0.1) is 6.92 Å². The van der Waals surface area contributed by atoms with E-state index in [2.05, 4.69) is 4.74 Å². The summed E-state index contributed by atoms with van der Waals surface area (Å²) in [6.07, 6.45) is 0.247. The van der Waals surface area contributed by atoms with Crippen LogP contribution in [-0.4, -0.2) is 40.3 Å². The fraction of sp³-hybridized carbons (Fsp3) is 0.400. The maximum Gasteiger partial charge on any atom is 0.330 e. The van der Waals surface area contributed by atoms with Crippen molar-refractivity contribution < 1.29 is 19.1 Å². The Morgan fingerprint density at radius 3 is 2.21 bits per heavy atom. The molecule has 0 bridgehead atoms. The smallest absolute Gasteiger partial charge is 0.330 e. The van der Waals surface area contributed by atoms with Gasteiger partial charge in [-0.15, -0.1) is 0 Å². The van der Waals surface area contributed by atoms with E-state index < -0.39 is 18.0 Å². The van der Waals surface area contributed by atoms with E-state index in [9.17, 15) is 19.2 Å². The summed E-state index contributed by atoms with van der Waals surface area (Å²) in [6.45, 7) is 2.91. The monoisotopic (exact) mass is 403 g/mol. The second-order valence-electron chi connectivity index (χ2n) is 6.68. The van der Waals surface area contributed by atoms with Crippen LogP contribution >= 0.6 is 0 Å². The summed E-state index contributed by atoms with van der Waals surface area (Å²) in [5, 5.41) is 0. The number of hydrogen-bond donors (Lipinski definition) is 1. The van der Waals surface area contributed by atoms with Crippen LogP contribution in [0.4, 0.5) is 0 Å². The van der Waals surface area contributed by atoms with Gasteiger partial charge >= 0.3 is 17.6 Å². The fourth-order valence-electron chi connectivity index (χ4n) is 2.86. The quantitative estimate of drug-likeness (QED) is 0.511. The normalized spacial score (nSPS) is 11.8. The molecule has 1 atom stereocenters. The molecule has 0 radical (unpaired) electrons. The van der Waals surface area contributed by atoms with Crippen LogP contribution in [0.3, 0.4) is 0 Å². The first-order valence-electron chi connectivity index (χ1n) is 9.05. The van der Waals surface area contributed by atoms with Crippen LogP contribution in [0.15, 0.2) is 33.9 Å². The SMILES string of the molecule is CC(=O)OCCOC(=O)[C@@H](N)Cc1ccc(-c2c(C)n(C)c(=O)n(C)c2=O)cc1. The van der Waals surface area contributed by atoms with Crippen LogP contribution in [0.1, 0.15) is 18.2 Å². The minimum absolute atomic E-state index is 0.0175. The number of carbonyl (C=O) groups is 2. The van der Waals surface area contributed by atoms with Gasteiger partial charge in [-0.3, -0.25) is 19.0 Å². The highest BCUT2D eigenvalue weighted by Crippen LogP contribution is 2.19.